The Balaban J connectivity index is 1.19. The maximum atomic E-state index is 12.9. The van der Waals surface area contributed by atoms with E-state index < -0.39 is 17.3 Å². The largest absolute Gasteiger partial charge is 0.480 e. The van der Waals surface area contributed by atoms with Gasteiger partial charge in [0.25, 0.3) is 5.91 Å². The van der Waals surface area contributed by atoms with E-state index in [2.05, 4.69) is 22.6 Å². The summed E-state index contributed by atoms with van der Waals surface area (Å²) >= 11 is 1.31. The minimum absolute atomic E-state index is 0.0564. The number of carbonyl (C=O) groups is 3. The van der Waals surface area contributed by atoms with Crippen LogP contribution in [0.25, 0.3) is 11.1 Å². The van der Waals surface area contributed by atoms with Gasteiger partial charge in [-0.05, 0) is 22.3 Å². The lowest BCUT2D eigenvalue weighted by atomic mass is 9.98. The van der Waals surface area contributed by atoms with Crippen LogP contribution in [0, 0.1) is 0 Å². The van der Waals surface area contributed by atoms with Crippen LogP contribution in [0.5, 0.6) is 0 Å². The Hall–Kier alpha value is -3.79. The summed E-state index contributed by atoms with van der Waals surface area (Å²) in [6.45, 7) is 0.645. The minimum Gasteiger partial charge on any atom is -0.480 e. The van der Waals surface area contributed by atoms with Crippen molar-refractivity contribution in [3.05, 3.63) is 77.2 Å². The van der Waals surface area contributed by atoms with Gasteiger partial charge in [-0.25, -0.2) is 4.79 Å². The molecule has 0 saturated carbocycles. The third kappa shape index (κ3) is 4.61. The van der Waals surface area contributed by atoms with E-state index in [1.54, 1.807) is 0 Å². The number of aliphatic carboxylic acids is 1. The summed E-state index contributed by atoms with van der Waals surface area (Å²) in [4.78, 5) is 38.1. The number of alkyl carbamates (subject to hydrolysis) is 1. The molecule has 2 N–H and O–H groups in total. The third-order valence-electron chi connectivity index (χ3n) is 6.25. The van der Waals surface area contributed by atoms with Gasteiger partial charge in [0.05, 0.1) is 6.54 Å². The van der Waals surface area contributed by atoms with Crippen LogP contribution in [0.3, 0.4) is 0 Å². The molecule has 3 aromatic rings. The summed E-state index contributed by atoms with van der Waals surface area (Å²) < 4.78 is 10.5. The van der Waals surface area contributed by atoms with E-state index in [1.807, 2.05) is 36.4 Å². The lowest BCUT2D eigenvalue weighted by Gasteiger charge is -2.30. The average molecular weight is 494 g/mol. The van der Waals surface area contributed by atoms with Crippen LogP contribution in [0.4, 0.5) is 4.79 Å². The van der Waals surface area contributed by atoms with Gasteiger partial charge in [0.1, 0.15) is 29.4 Å². The zero-order valence-electron chi connectivity index (χ0n) is 18.7. The predicted octanol–water partition coefficient (Wildman–Crippen LogP) is 3.36. The van der Waals surface area contributed by atoms with Gasteiger partial charge in [-0.15, -0.1) is 11.8 Å². The van der Waals surface area contributed by atoms with Gasteiger partial charge in [0.15, 0.2) is 0 Å². The van der Waals surface area contributed by atoms with Crippen LogP contribution in [0.1, 0.15) is 33.1 Å². The highest BCUT2D eigenvalue weighted by Crippen LogP contribution is 2.44. The van der Waals surface area contributed by atoms with E-state index in [9.17, 15) is 19.5 Å². The number of carbonyl (C=O) groups excluding carboxylic acids is 2. The second-order valence-corrected chi connectivity index (χ2v) is 9.61. The summed E-state index contributed by atoms with van der Waals surface area (Å²) in [5.74, 6) is -0.852. The molecule has 5 rings (SSSR count). The highest BCUT2D eigenvalue weighted by molar-refractivity contribution is 8.00. The number of amides is 2. The van der Waals surface area contributed by atoms with E-state index >= 15 is 0 Å². The van der Waals surface area contributed by atoms with Crippen molar-refractivity contribution in [2.45, 2.75) is 17.7 Å². The van der Waals surface area contributed by atoms with Gasteiger partial charge in [-0.3, -0.25) is 9.59 Å². The van der Waals surface area contributed by atoms with Gasteiger partial charge in [0.2, 0.25) is 0 Å². The molecular formula is C25H23N3O6S. The standard InChI is InChI=1S/C25H23N3O6S/c29-23(28-9-10-35-22(12-28)24(30)31)20-14-34-27-21(20)11-26-25(32)33-13-19-17-7-3-1-5-15(17)16-6-2-4-8-18(16)19/h1-8,14,19,22H,9-13H2,(H,26,32)(H,30,31). The quantitative estimate of drug-likeness (QED) is 0.536. The van der Waals surface area contributed by atoms with Crippen LogP contribution >= 0.6 is 11.8 Å². The number of nitrogens with one attached hydrogen (secondary N) is 1. The van der Waals surface area contributed by atoms with Crippen molar-refractivity contribution in [1.82, 2.24) is 15.4 Å². The Labute approximate surface area is 205 Å². The molecule has 35 heavy (non-hydrogen) atoms. The molecule has 1 saturated heterocycles. The predicted molar refractivity (Wildman–Crippen MR) is 128 cm³/mol. The van der Waals surface area contributed by atoms with E-state index in [-0.39, 0.29) is 42.8 Å². The number of hydrogen-bond acceptors (Lipinski definition) is 7. The van der Waals surface area contributed by atoms with Crippen LogP contribution in [-0.4, -0.2) is 63.8 Å². The second kappa shape index (κ2) is 9.83. The molecule has 2 aromatic carbocycles. The van der Waals surface area contributed by atoms with Gasteiger partial charge in [-0.2, -0.15) is 0 Å². The van der Waals surface area contributed by atoms with E-state index in [0.29, 0.717) is 12.3 Å². The molecule has 1 fully saturated rings. The molecule has 0 bridgehead atoms. The van der Waals surface area contributed by atoms with Crippen LogP contribution in [-0.2, 0) is 16.1 Å². The van der Waals surface area contributed by atoms with Crippen molar-refractivity contribution < 1.29 is 28.8 Å². The van der Waals surface area contributed by atoms with Crippen molar-refractivity contribution >= 4 is 29.7 Å². The molecule has 1 aliphatic carbocycles. The normalized spacial score (nSPS) is 16.9. The number of ether oxygens (including phenoxy) is 1. The molecule has 0 spiro atoms. The maximum Gasteiger partial charge on any atom is 0.407 e. The first-order valence-corrected chi connectivity index (χ1v) is 12.2. The lowest BCUT2D eigenvalue weighted by molar-refractivity contribution is -0.136. The molecule has 1 aliphatic heterocycles. The number of benzene rings is 2. The third-order valence-corrected chi connectivity index (χ3v) is 7.42. The summed E-state index contributed by atoms with van der Waals surface area (Å²) in [5, 5.41) is 15.1. The Bertz CT molecular complexity index is 1230. The Kier molecular flexibility index (Phi) is 6.45. The highest BCUT2D eigenvalue weighted by Gasteiger charge is 2.32. The van der Waals surface area contributed by atoms with Crippen molar-refractivity contribution in [3.8, 4) is 11.1 Å². The zero-order valence-corrected chi connectivity index (χ0v) is 19.5. The number of carboxylic acids is 1. The first-order chi connectivity index (χ1) is 17.0. The molecule has 2 aliphatic rings. The SMILES string of the molecule is O=C(NCc1nocc1C(=O)N1CCSC(C(=O)O)C1)OCC1c2ccccc2-c2ccccc21. The molecule has 2 amide bonds. The monoisotopic (exact) mass is 493 g/mol. The fourth-order valence-electron chi connectivity index (χ4n) is 4.52. The molecule has 2 heterocycles. The number of carboxylic acid groups (broad SMARTS) is 1. The number of hydrogen-bond donors (Lipinski definition) is 2. The molecule has 10 heteroatoms. The van der Waals surface area contributed by atoms with E-state index in [4.69, 9.17) is 9.26 Å². The van der Waals surface area contributed by atoms with Crippen molar-refractivity contribution in [1.29, 1.82) is 0 Å². The number of aromatic nitrogens is 1. The van der Waals surface area contributed by atoms with Gasteiger partial charge >= 0.3 is 12.1 Å². The van der Waals surface area contributed by atoms with Crippen molar-refractivity contribution in [2.24, 2.45) is 0 Å². The molecule has 9 nitrogen and oxygen atoms in total. The summed E-state index contributed by atoms with van der Waals surface area (Å²) in [6.07, 6.45) is 0.586. The van der Waals surface area contributed by atoms with Gasteiger partial charge in [-0.1, -0.05) is 53.7 Å². The van der Waals surface area contributed by atoms with Gasteiger partial charge < -0.3 is 24.6 Å². The van der Waals surface area contributed by atoms with Crippen LogP contribution in [0.15, 0.2) is 59.3 Å². The topological polar surface area (TPSA) is 122 Å². The number of fused-ring (bicyclic) bond motifs is 3. The molecule has 1 atom stereocenters. The maximum absolute atomic E-state index is 12.9. The summed E-state index contributed by atoms with van der Waals surface area (Å²) in [6, 6.07) is 16.2. The number of rotatable bonds is 6. The fourth-order valence-corrected chi connectivity index (χ4v) is 5.56. The van der Waals surface area contributed by atoms with Crippen LogP contribution < -0.4 is 5.32 Å². The average Bonchev–Trinajstić information content (AvgIpc) is 3.48. The van der Waals surface area contributed by atoms with Crippen LogP contribution in [0.2, 0.25) is 0 Å². The second-order valence-electron chi connectivity index (χ2n) is 8.30. The van der Waals surface area contributed by atoms with Crippen molar-refractivity contribution in [2.75, 3.05) is 25.4 Å². The minimum atomic E-state index is -0.949. The highest BCUT2D eigenvalue weighted by atomic mass is 32.2. The number of thioether (sulfide) groups is 1. The van der Waals surface area contributed by atoms with E-state index in [1.165, 1.54) is 22.9 Å². The smallest absolute Gasteiger partial charge is 0.407 e. The number of nitrogens with zero attached hydrogens (tertiary/aromatic N) is 2. The summed E-state index contributed by atoms with van der Waals surface area (Å²) in [7, 11) is 0. The van der Waals surface area contributed by atoms with Gasteiger partial charge in [0, 0.05) is 24.8 Å². The molecule has 0 radical (unpaired) electrons. The zero-order chi connectivity index (χ0) is 24.4. The first-order valence-electron chi connectivity index (χ1n) is 11.2. The Morgan fingerprint density at radius 2 is 1.80 bits per heavy atom. The van der Waals surface area contributed by atoms with Crippen molar-refractivity contribution in [3.63, 3.8) is 0 Å². The molecule has 180 valence electrons. The summed E-state index contributed by atoms with van der Waals surface area (Å²) in [5.41, 5.74) is 4.97. The Morgan fingerprint density at radius 1 is 1.11 bits per heavy atom. The molecule has 1 aromatic heterocycles. The van der Waals surface area contributed by atoms with E-state index in [0.717, 1.165) is 22.3 Å². The fraction of sp³-hybridized carbons (Fsp3) is 0.280. The molecule has 1 unspecified atom stereocenters. The molecular weight excluding hydrogens is 470 g/mol. The first kappa shape index (κ1) is 23.0. The Morgan fingerprint density at radius 3 is 2.49 bits per heavy atom. The lowest BCUT2D eigenvalue weighted by Crippen LogP contribution is -2.44.